The Kier molecular flexibility index (Phi) is 10.3. The van der Waals surface area contributed by atoms with Gasteiger partial charge in [0.15, 0.2) is 30.3 Å². The van der Waals surface area contributed by atoms with Gasteiger partial charge in [0.05, 0.1) is 5.56 Å². The van der Waals surface area contributed by atoms with E-state index in [-0.39, 0.29) is 21.5 Å². The molecule has 0 saturated carbocycles. The number of ether oxygens (including phenoxy) is 5. The second-order valence-electron chi connectivity index (χ2n) is 10.7. The average molecular weight is 649 g/mol. The van der Waals surface area contributed by atoms with E-state index in [2.05, 4.69) is 6.07 Å². The van der Waals surface area contributed by atoms with Crippen molar-refractivity contribution in [2.45, 2.75) is 72.2 Å². The highest BCUT2D eigenvalue weighted by Crippen LogP contribution is 2.41. The molecule has 2 heterocycles. The lowest BCUT2D eigenvalue weighted by Gasteiger charge is -2.45. The molecule has 2 aromatic carbocycles. The number of nitrogens with zero attached hydrogens (tertiary/aromatic N) is 2. The molecule has 5 atom stereocenters. The van der Waals surface area contributed by atoms with E-state index in [1.165, 1.54) is 11.5 Å². The van der Waals surface area contributed by atoms with Crippen molar-refractivity contribution in [2.75, 3.05) is 6.61 Å². The van der Waals surface area contributed by atoms with Crippen molar-refractivity contribution in [3.8, 4) is 17.2 Å². The largest absolute Gasteiger partial charge is 0.463 e. The fraction of sp³-hybridized carbons (Fsp3) is 0.364. The lowest BCUT2D eigenvalue weighted by molar-refractivity contribution is -0.269. The highest BCUT2D eigenvalue weighted by atomic mass is 32.1. The summed E-state index contributed by atoms with van der Waals surface area (Å²) in [4.78, 5) is 62.1. The van der Waals surface area contributed by atoms with Crippen LogP contribution in [0.15, 0.2) is 42.5 Å². The molecule has 1 aromatic heterocycles. The minimum Gasteiger partial charge on any atom is -0.463 e. The number of Topliss-reactive ketones (excluding diaryl/α,β-unsaturated/α-hetero) is 1. The summed E-state index contributed by atoms with van der Waals surface area (Å²) in [5.41, 5.74) is 1.28. The first-order valence-electron chi connectivity index (χ1n) is 14.3. The molecule has 46 heavy (non-hydrogen) atoms. The molecule has 1 saturated heterocycles. The van der Waals surface area contributed by atoms with E-state index in [1.54, 1.807) is 13.0 Å². The van der Waals surface area contributed by atoms with E-state index in [1.807, 2.05) is 36.4 Å². The molecule has 3 aromatic rings. The molecule has 0 unspecified atom stereocenters. The summed E-state index contributed by atoms with van der Waals surface area (Å²) in [5.74, 6) is -3.46. The molecule has 0 radical (unpaired) electrons. The fourth-order valence-corrected chi connectivity index (χ4v) is 6.16. The zero-order valence-corrected chi connectivity index (χ0v) is 26.8. The van der Waals surface area contributed by atoms with Crippen molar-refractivity contribution in [1.29, 1.82) is 5.26 Å². The van der Waals surface area contributed by atoms with Crippen molar-refractivity contribution < 1.29 is 47.7 Å². The van der Waals surface area contributed by atoms with Gasteiger partial charge in [0.1, 0.15) is 23.4 Å². The third-order valence-corrected chi connectivity index (χ3v) is 7.80. The maximum atomic E-state index is 13.4. The Labute approximate surface area is 269 Å². The monoisotopic (exact) mass is 648 g/mol. The zero-order chi connectivity index (χ0) is 33.9. The molecular formula is C33H32N2O10S. The third-order valence-electron chi connectivity index (χ3n) is 7.40. The number of benzene rings is 2. The van der Waals surface area contributed by atoms with Gasteiger partial charge >= 0.3 is 23.9 Å². The van der Waals surface area contributed by atoms with Gasteiger partial charge < -0.3 is 28.3 Å². The van der Waals surface area contributed by atoms with Gasteiger partial charge in [-0.05, 0) is 30.2 Å². The SMILES string of the molecule is CC(=O)OC[C@@H]1O[C@H](n2c(C)c(C(C)=O)c(-c3cccc4ccccc34)c(C#N)c2=S)[C@H](OC(C)=O)[C@H](OC(C)=O)[C@@H]1OC(C)=O. The van der Waals surface area contributed by atoms with Crippen LogP contribution in [0.4, 0.5) is 0 Å². The number of carbonyl (C=O) groups excluding carboxylic acids is 5. The molecule has 4 rings (SSSR count). The average Bonchev–Trinajstić information content (AvgIpc) is 2.97. The highest BCUT2D eigenvalue weighted by Gasteiger charge is 2.53. The van der Waals surface area contributed by atoms with Gasteiger partial charge in [0.25, 0.3) is 0 Å². The standard InChI is InChI=1S/C33H32N2O10S/c1-16-27(17(2)36)28(24-13-9-11-22-10-7-8-12-23(22)24)25(14-34)33(46)35(16)32-31(44-21(6)40)30(43-20(5)39)29(42-19(4)38)26(45-32)15-41-18(3)37/h7-13,26,29-32H,15H2,1-6H3/t26-,29+,30+,31+,32-/m0/s1. The number of nitriles is 1. The number of aromatic nitrogens is 1. The third kappa shape index (κ3) is 6.83. The smallest absolute Gasteiger partial charge is 0.303 e. The van der Waals surface area contributed by atoms with Crippen molar-refractivity contribution in [2.24, 2.45) is 0 Å². The molecule has 13 heteroatoms. The number of pyridine rings is 1. The zero-order valence-electron chi connectivity index (χ0n) is 26.0. The van der Waals surface area contributed by atoms with Crippen LogP contribution >= 0.6 is 12.2 Å². The van der Waals surface area contributed by atoms with Crippen LogP contribution in [0.1, 0.15) is 62.5 Å². The first-order valence-corrected chi connectivity index (χ1v) is 14.7. The summed E-state index contributed by atoms with van der Waals surface area (Å²) in [6.45, 7) is 6.99. The number of hydrogen-bond donors (Lipinski definition) is 0. The van der Waals surface area contributed by atoms with Crippen molar-refractivity contribution in [3.63, 3.8) is 0 Å². The van der Waals surface area contributed by atoms with Crippen LogP contribution in [-0.4, -0.2) is 65.3 Å². The van der Waals surface area contributed by atoms with Crippen LogP contribution in [0.5, 0.6) is 0 Å². The first-order chi connectivity index (χ1) is 21.8. The Morgan fingerprint density at radius 3 is 2.02 bits per heavy atom. The fourth-order valence-electron chi connectivity index (χ4n) is 5.77. The summed E-state index contributed by atoms with van der Waals surface area (Å²) in [7, 11) is 0. The van der Waals surface area contributed by atoms with Crippen molar-refractivity contribution in [3.05, 3.63) is 63.9 Å². The van der Waals surface area contributed by atoms with E-state index >= 15 is 0 Å². The maximum Gasteiger partial charge on any atom is 0.303 e. The van der Waals surface area contributed by atoms with Crippen molar-refractivity contribution >= 4 is 52.7 Å². The van der Waals surface area contributed by atoms with Crippen LogP contribution in [-0.2, 0) is 42.9 Å². The minimum absolute atomic E-state index is 0.0324. The lowest BCUT2D eigenvalue weighted by atomic mass is 9.89. The van der Waals surface area contributed by atoms with Crippen molar-refractivity contribution in [1.82, 2.24) is 4.57 Å². The van der Waals surface area contributed by atoms with Crippen LogP contribution in [0.2, 0.25) is 0 Å². The molecule has 0 amide bonds. The predicted molar refractivity (Wildman–Crippen MR) is 165 cm³/mol. The lowest BCUT2D eigenvalue weighted by Crippen LogP contribution is -2.60. The normalized spacial score (nSPS) is 20.7. The molecule has 0 spiro atoms. The molecule has 1 aliphatic rings. The molecule has 240 valence electrons. The van der Waals surface area contributed by atoms with Gasteiger partial charge in [-0.2, -0.15) is 5.26 Å². The number of ketones is 1. The number of fused-ring (bicyclic) bond motifs is 1. The second kappa shape index (κ2) is 14.0. The highest BCUT2D eigenvalue weighted by molar-refractivity contribution is 7.71. The van der Waals surface area contributed by atoms with Gasteiger partial charge in [-0.1, -0.05) is 54.7 Å². The van der Waals surface area contributed by atoms with Crippen LogP contribution in [0.25, 0.3) is 21.9 Å². The molecule has 12 nitrogen and oxygen atoms in total. The molecule has 0 bridgehead atoms. The maximum absolute atomic E-state index is 13.4. The predicted octanol–water partition coefficient (Wildman–Crippen LogP) is 4.68. The van der Waals surface area contributed by atoms with Crippen LogP contribution < -0.4 is 0 Å². The number of carbonyl (C=O) groups is 5. The quantitative estimate of drug-likeness (QED) is 0.144. The summed E-state index contributed by atoms with van der Waals surface area (Å²) >= 11 is 5.88. The second-order valence-corrected chi connectivity index (χ2v) is 11.1. The van der Waals surface area contributed by atoms with E-state index in [4.69, 9.17) is 35.9 Å². The number of rotatable bonds is 8. The van der Waals surface area contributed by atoms with E-state index in [0.717, 1.165) is 38.5 Å². The topological polar surface area (TPSA) is 160 Å². The van der Waals surface area contributed by atoms with Gasteiger partial charge in [-0.15, -0.1) is 0 Å². The molecular weight excluding hydrogens is 616 g/mol. The summed E-state index contributed by atoms with van der Waals surface area (Å²) in [5, 5.41) is 12.2. The van der Waals surface area contributed by atoms with Crippen LogP contribution in [0.3, 0.4) is 0 Å². The first kappa shape index (κ1) is 34.0. The number of esters is 4. The summed E-state index contributed by atoms with van der Waals surface area (Å²) in [6, 6.07) is 15.1. The Morgan fingerprint density at radius 1 is 0.848 bits per heavy atom. The van der Waals surface area contributed by atoms with Gasteiger partial charge in [-0.25, -0.2) is 0 Å². The van der Waals surface area contributed by atoms with Crippen LogP contribution in [0, 0.1) is 22.9 Å². The van der Waals surface area contributed by atoms with E-state index < -0.39 is 66.9 Å². The Morgan fingerprint density at radius 2 is 1.43 bits per heavy atom. The van der Waals surface area contributed by atoms with E-state index in [0.29, 0.717) is 11.1 Å². The van der Waals surface area contributed by atoms with Gasteiger partial charge in [-0.3, -0.25) is 24.0 Å². The molecule has 1 fully saturated rings. The Bertz CT molecular complexity index is 1840. The summed E-state index contributed by atoms with van der Waals surface area (Å²) < 4.78 is 29.5. The minimum atomic E-state index is -1.50. The molecule has 1 aliphatic heterocycles. The van der Waals surface area contributed by atoms with E-state index in [9.17, 15) is 29.2 Å². The number of hydrogen-bond acceptors (Lipinski definition) is 12. The van der Waals surface area contributed by atoms with Gasteiger partial charge in [0.2, 0.25) is 0 Å². The molecule has 0 aliphatic carbocycles. The Balaban J connectivity index is 2.06. The molecule has 0 N–H and O–H groups in total. The summed E-state index contributed by atoms with van der Waals surface area (Å²) in [6.07, 6.45) is -7.08. The van der Waals surface area contributed by atoms with Gasteiger partial charge in [0, 0.05) is 44.5 Å². The Hall–Kier alpha value is -4.93.